The highest BCUT2D eigenvalue weighted by Crippen LogP contribution is 2.25. The maximum absolute atomic E-state index is 5.49. The molecule has 0 aliphatic carbocycles. The van der Waals surface area contributed by atoms with Crippen molar-refractivity contribution in [3.8, 4) is 11.5 Å². The van der Waals surface area contributed by atoms with Crippen LogP contribution in [0.1, 0.15) is 0 Å². The second-order valence-corrected chi connectivity index (χ2v) is 3.53. The Morgan fingerprint density at radius 2 is 1.75 bits per heavy atom. The Morgan fingerprint density at radius 3 is 2.12 bits per heavy atom. The molecule has 0 saturated carbocycles. The van der Waals surface area contributed by atoms with E-state index in [-0.39, 0.29) is 0 Å². The molecule has 0 saturated heterocycles. The summed E-state index contributed by atoms with van der Waals surface area (Å²) in [5.41, 5.74) is 0.763. The molecular weight excluding hydrogens is 226 g/mol. The highest BCUT2D eigenvalue weighted by Gasteiger charge is 2.04. The first-order valence-electron chi connectivity index (χ1n) is 4.59. The van der Waals surface area contributed by atoms with Crippen LogP contribution in [0, 0.1) is 0 Å². The molecule has 0 atom stereocenters. The van der Waals surface area contributed by atoms with Crippen molar-refractivity contribution >= 4 is 23.0 Å². The Balaban J connectivity index is 2.91. The maximum Gasteiger partial charge on any atom is 0.187 e. The van der Waals surface area contributed by atoms with E-state index in [0.717, 1.165) is 5.69 Å². The summed E-state index contributed by atoms with van der Waals surface area (Å²) in [5, 5.41) is 4.70. The van der Waals surface area contributed by atoms with Crippen LogP contribution in [0.3, 0.4) is 0 Å². The lowest BCUT2D eigenvalue weighted by atomic mass is 10.3. The Kier molecular flexibility index (Phi) is 4.33. The number of nitrogens with two attached hydrogens (primary N) is 1. The van der Waals surface area contributed by atoms with Crippen LogP contribution < -0.4 is 20.6 Å². The number of hydrogen-bond donors (Lipinski definition) is 2. The van der Waals surface area contributed by atoms with Gasteiger partial charge in [0, 0.05) is 30.9 Å². The Hall–Kier alpha value is -1.53. The minimum atomic E-state index is 0.412. The summed E-state index contributed by atoms with van der Waals surface area (Å²) in [6.45, 7) is 0. The zero-order valence-corrected chi connectivity index (χ0v) is 10.3. The van der Waals surface area contributed by atoms with E-state index in [1.54, 1.807) is 39.5 Å². The maximum atomic E-state index is 5.49. The predicted octanol–water partition coefficient (Wildman–Crippen LogP) is 1.21. The van der Waals surface area contributed by atoms with Crippen LogP contribution in [0.25, 0.3) is 0 Å². The zero-order chi connectivity index (χ0) is 12.1. The van der Waals surface area contributed by atoms with E-state index in [2.05, 4.69) is 5.32 Å². The minimum Gasteiger partial charge on any atom is -0.497 e. The van der Waals surface area contributed by atoms with Crippen molar-refractivity contribution < 1.29 is 9.47 Å². The highest BCUT2D eigenvalue weighted by atomic mass is 32.1. The predicted molar refractivity (Wildman–Crippen MR) is 67.7 cm³/mol. The molecule has 5 nitrogen and oxygen atoms in total. The first-order chi connectivity index (χ1) is 7.56. The third-order valence-electron chi connectivity index (χ3n) is 1.92. The number of nitrogens with zero attached hydrogens (tertiary/aromatic N) is 1. The van der Waals surface area contributed by atoms with Crippen molar-refractivity contribution in [2.24, 2.45) is 5.84 Å². The van der Waals surface area contributed by atoms with E-state index in [1.807, 2.05) is 0 Å². The van der Waals surface area contributed by atoms with Crippen molar-refractivity contribution in [1.29, 1.82) is 0 Å². The van der Waals surface area contributed by atoms with Crippen molar-refractivity contribution in [3.05, 3.63) is 18.2 Å². The number of nitrogens with one attached hydrogen (secondary N) is 1. The average molecular weight is 241 g/mol. The van der Waals surface area contributed by atoms with E-state index in [4.69, 9.17) is 27.5 Å². The first-order valence-corrected chi connectivity index (χ1v) is 5.00. The van der Waals surface area contributed by atoms with Gasteiger partial charge in [-0.2, -0.15) is 0 Å². The minimum absolute atomic E-state index is 0.412. The van der Waals surface area contributed by atoms with Crippen LogP contribution in [0.15, 0.2) is 18.2 Å². The summed E-state index contributed by atoms with van der Waals surface area (Å²) in [7, 11) is 4.84. The Labute approximate surface area is 100 Å². The number of rotatable bonds is 3. The summed E-state index contributed by atoms with van der Waals surface area (Å²) in [5.74, 6) is 6.86. The molecule has 0 radical (unpaired) electrons. The lowest BCUT2D eigenvalue weighted by Crippen LogP contribution is -2.36. The average Bonchev–Trinajstić information content (AvgIpc) is 2.28. The molecule has 6 heteroatoms. The number of thiocarbonyl (C=S) groups is 1. The molecule has 0 unspecified atom stereocenters. The quantitative estimate of drug-likeness (QED) is 0.471. The summed E-state index contributed by atoms with van der Waals surface area (Å²) < 4.78 is 10.3. The fourth-order valence-corrected chi connectivity index (χ4v) is 1.21. The smallest absolute Gasteiger partial charge is 0.187 e. The van der Waals surface area contributed by atoms with Crippen LogP contribution in [0.5, 0.6) is 11.5 Å². The molecule has 0 heterocycles. The van der Waals surface area contributed by atoms with Gasteiger partial charge in [-0.3, -0.25) is 5.01 Å². The Morgan fingerprint density at radius 1 is 1.25 bits per heavy atom. The van der Waals surface area contributed by atoms with Crippen molar-refractivity contribution in [2.75, 3.05) is 26.6 Å². The molecule has 0 aromatic heterocycles. The lowest BCUT2D eigenvalue weighted by molar-refractivity contribution is 0.395. The standard InChI is InChI=1S/C10H15N3O2S/c1-13(11)10(16)12-7-4-8(14-2)6-9(5-7)15-3/h4-6H,11H2,1-3H3,(H,12,16). The van der Waals surface area contributed by atoms with Gasteiger partial charge in [-0.25, -0.2) is 5.84 Å². The van der Waals surface area contributed by atoms with Gasteiger partial charge in [0.25, 0.3) is 0 Å². The molecule has 0 fully saturated rings. The zero-order valence-electron chi connectivity index (χ0n) is 9.48. The molecular formula is C10H15N3O2S. The summed E-state index contributed by atoms with van der Waals surface area (Å²) in [4.78, 5) is 0. The summed E-state index contributed by atoms with van der Waals surface area (Å²) in [6, 6.07) is 5.39. The van der Waals surface area contributed by atoms with Crippen molar-refractivity contribution in [3.63, 3.8) is 0 Å². The first kappa shape index (κ1) is 12.5. The fraction of sp³-hybridized carbons (Fsp3) is 0.300. The number of hydrogen-bond acceptors (Lipinski definition) is 4. The molecule has 16 heavy (non-hydrogen) atoms. The van der Waals surface area contributed by atoms with Gasteiger partial charge in [-0.15, -0.1) is 0 Å². The molecule has 0 aliphatic rings. The third-order valence-corrected chi connectivity index (χ3v) is 2.31. The monoisotopic (exact) mass is 241 g/mol. The molecule has 0 spiro atoms. The van der Waals surface area contributed by atoms with E-state index < -0.39 is 0 Å². The van der Waals surface area contributed by atoms with E-state index in [1.165, 1.54) is 5.01 Å². The van der Waals surface area contributed by atoms with Crippen LogP contribution in [-0.4, -0.2) is 31.4 Å². The molecule has 88 valence electrons. The van der Waals surface area contributed by atoms with Gasteiger partial charge in [0.05, 0.1) is 14.2 Å². The molecule has 3 N–H and O–H groups in total. The molecule has 0 amide bonds. The normalized spacial score (nSPS) is 9.50. The van der Waals surface area contributed by atoms with Gasteiger partial charge in [-0.1, -0.05) is 0 Å². The molecule has 1 aromatic rings. The van der Waals surface area contributed by atoms with Crippen molar-refractivity contribution in [2.45, 2.75) is 0 Å². The number of ether oxygens (including phenoxy) is 2. The molecule has 0 aliphatic heterocycles. The SMILES string of the molecule is COc1cc(NC(=S)N(C)N)cc(OC)c1. The van der Waals surface area contributed by atoms with Gasteiger partial charge < -0.3 is 14.8 Å². The van der Waals surface area contributed by atoms with Crippen LogP contribution in [0.4, 0.5) is 5.69 Å². The largest absolute Gasteiger partial charge is 0.497 e. The van der Waals surface area contributed by atoms with Crippen LogP contribution >= 0.6 is 12.2 Å². The second-order valence-electron chi connectivity index (χ2n) is 3.14. The number of benzene rings is 1. The molecule has 1 rings (SSSR count). The van der Waals surface area contributed by atoms with Gasteiger partial charge in [0.1, 0.15) is 11.5 Å². The van der Waals surface area contributed by atoms with Gasteiger partial charge in [0.2, 0.25) is 0 Å². The van der Waals surface area contributed by atoms with E-state index in [0.29, 0.717) is 16.6 Å². The topological polar surface area (TPSA) is 59.8 Å². The van der Waals surface area contributed by atoms with Gasteiger partial charge in [-0.05, 0) is 12.2 Å². The highest BCUT2D eigenvalue weighted by molar-refractivity contribution is 7.80. The van der Waals surface area contributed by atoms with Crippen LogP contribution in [-0.2, 0) is 0 Å². The Bertz CT molecular complexity index is 360. The fourth-order valence-electron chi connectivity index (χ4n) is 1.09. The van der Waals surface area contributed by atoms with Gasteiger partial charge >= 0.3 is 0 Å². The van der Waals surface area contributed by atoms with Crippen LogP contribution in [0.2, 0.25) is 0 Å². The lowest BCUT2D eigenvalue weighted by Gasteiger charge is -2.16. The molecule has 1 aromatic carbocycles. The number of methoxy groups -OCH3 is 2. The third kappa shape index (κ3) is 3.25. The summed E-state index contributed by atoms with van der Waals surface area (Å²) >= 11 is 5.03. The number of anilines is 1. The van der Waals surface area contributed by atoms with E-state index >= 15 is 0 Å². The van der Waals surface area contributed by atoms with E-state index in [9.17, 15) is 0 Å². The molecule has 0 bridgehead atoms. The second kappa shape index (κ2) is 5.53. The number of hydrazine groups is 1. The van der Waals surface area contributed by atoms with Gasteiger partial charge in [0.15, 0.2) is 5.11 Å². The summed E-state index contributed by atoms with van der Waals surface area (Å²) in [6.07, 6.45) is 0. The van der Waals surface area contributed by atoms with Crippen molar-refractivity contribution in [1.82, 2.24) is 5.01 Å².